The van der Waals surface area contributed by atoms with Gasteiger partial charge in [0.15, 0.2) is 5.13 Å². The summed E-state index contributed by atoms with van der Waals surface area (Å²) in [5.74, 6) is 0.745. The highest BCUT2D eigenvalue weighted by atomic mass is 32.1. The van der Waals surface area contributed by atoms with Gasteiger partial charge in [-0.25, -0.2) is 4.98 Å². The van der Waals surface area contributed by atoms with E-state index in [1.165, 1.54) is 4.88 Å². The van der Waals surface area contributed by atoms with Crippen molar-refractivity contribution < 1.29 is 9.53 Å². The third kappa shape index (κ3) is 4.23. The summed E-state index contributed by atoms with van der Waals surface area (Å²) in [7, 11) is 0. The zero-order valence-electron chi connectivity index (χ0n) is 15.8. The summed E-state index contributed by atoms with van der Waals surface area (Å²) in [5, 5.41) is 3.79. The molecule has 2 saturated heterocycles. The normalized spacial score (nSPS) is 21.0. The first-order valence-corrected chi connectivity index (χ1v) is 10.7. The van der Waals surface area contributed by atoms with Crippen LogP contribution in [-0.4, -0.2) is 48.1 Å². The molecule has 1 unspecified atom stereocenters. The fourth-order valence-electron chi connectivity index (χ4n) is 3.87. The largest absolute Gasteiger partial charge is 0.381 e. The number of carbonyl (C=O) groups excluding carboxylic acids is 1. The Kier molecular flexibility index (Phi) is 5.86. The molecule has 1 amide bonds. The van der Waals surface area contributed by atoms with Gasteiger partial charge < -0.3 is 10.1 Å². The smallest absolute Gasteiger partial charge is 0.243 e. The number of thiazole rings is 1. The fraction of sp³-hybridized carbons (Fsp3) is 0.524. The standard InChI is InChI=1S/C21H27N3O2S/c1-2-18-19(16-6-4-3-5-7-16)22-21(27-18)23-20(25)17-8-11-24(17)14-15-9-12-26-13-10-15/h3-7,15,17H,2,8-14H2,1H3,(H,22,23,25). The number of aromatic nitrogens is 1. The van der Waals surface area contributed by atoms with Crippen LogP contribution in [0.2, 0.25) is 0 Å². The maximum atomic E-state index is 12.8. The molecule has 2 aliphatic heterocycles. The van der Waals surface area contributed by atoms with E-state index in [0.717, 1.165) is 63.2 Å². The lowest BCUT2D eigenvalue weighted by atomic mass is 9.94. The third-order valence-electron chi connectivity index (χ3n) is 5.56. The Labute approximate surface area is 164 Å². The highest BCUT2D eigenvalue weighted by Gasteiger charge is 2.36. The van der Waals surface area contributed by atoms with Crippen LogP contribution in [-0.2, 0) is 16.0 Å². The van der Waals surface area contributed by atoms with E-state index in [0.29, 0.717) is 11.0 Å². The van der Waals surface area contributed by atoms with Gasteiger partial charge in [-0.1, -0.05) is 37.3 Å². The van der Waals surface area contributed by atoms with Crippen molar-refractivity contribution in [3.8, 4) is 11.3 Å². The van der Waals surface area contributed by atoms with Crippen molar-refractivity contribution in [2.45, 2.75) is 38.6 Å². The number of ether oxygens (including phenoxy) is 1. The highest BCUT2D eigenvalue weighted by Crippen LogP contribution is 2.32. The maximum absolute atomic E-state index is 12.8. The molecule has 27 heavy (non-hydrogen) atoms. The number of nitrogens with zero attached hydrogens (tertiary/aromatic N) is 2. The molecular weight excluding hydrogens is 358 g/mol. The van der Waals surface area contributed by atoms with E-state index in [-0.39, 0.29) is 11.9 Å². The summed E-state index contributed by atoms with van der Waals surface area (Å²) < 4.78 is 5.44. The van der Waals surface area contributed by atoms with Crippen LogP contribution in [0.3, 0.4) is 0 Å². The first-order valence-electron chi connectivity index (χ1n) is 9.92. The summed E-state index contributed by atoms with van der Waals surface area (Å²) in [6, 6.07) is 10.2. The van der Waals surface area contributed by atoms with Crippen LogP contribution >= 0.6 is 11.3 Å². The number of aryl methyl sites for hydroxylation is 1. The van der Waals surface area contributed by atoms with Crippen LogP contribution in [0.1, 0.15) is 31.1 Å². The fourth-order valence-corrected chi connectivity index (χ4v) is 4.80. The number of hydrogen-bond acceptors (Lipinski definition) is 5. The number of likely N-dealkylation sites (tertiary alicyclic amines) is 1. The second kappa shape index (κ2) is 8.50. The number of amides is 1. The van der Waals surface area contributed by atoms with Crippen LogP contribution in [0.15, 0.2) is 30.3 Å². The predicted molar refractivity (Wildman–Crippen MR) is 109 cm³/mol. The molecule has 0 aliphatic carbocycles. The molecule has 1 aromatic carbocycles. The van der Waals surface area contributed by atoms with Gasteiger partial charge in [-0.15, -0.1) is 11.3 Å². The van der Waals surface area contributed by atoms with Crippen LogP contribution in [0, 0.1) is 5.92 Å². The Bertz CT molecular complexity index is 771. The van der Waals surface area contributed by atoms with E-state index in [1.807, 2.05) is 18.2 Å². The molecule has 1 aromatic heterocycles. The van der Waals surface area contributed by atoms with Gasteiger partial charge in [-0.05, 0) is 31.6 Å². The molecule has 0 spiro atoms. The van der Waals surface area contributed by atoms with Crippen molar-refractivity contribution in [2.75, 3.05) is 31.6 Å². The van der Waals surface area contributed by atoms with Crippen molar-refractivity contribution in [3.05, 3.63) is 35.2 Å². The number of carbonyl (C=O) groups is 1. The van der Waals surface area contributed by atoms with Crippen molar-refractivity contribution in [3.63, 3.8) is 0 Å². The SMILES string of the molecule is CCc1sc(NC(=O)C2CCN2CC2CCOCC2)nc1-c1ccccc1. The average Bonchev–Trinajstić information content (AvgIpc) is 3.09. The summed E-state index contributed by atoms with van der Waals surface area (Å²) >= 11 is 1.59. The molecule has 2 aromatic rings. The number of hydrogen-bond donors (Lipinski definition) is 1. The van der Waals surface area contributed by atoms with Gasteiger partial charge in [-0.3, -0.25) is 9.69 Å². The zero-order valence-corrected chi connectivity index (χ0v) is 16.6. The summed E-state index contributed by atoms with van der Waals surface area (Å²) in [6.07, 6.45) is 4.07. The molecule has 144 valence electrons. The first-order chi connectivity index (χ1) is 13.2. The van der Waals surface area contributed by atoms with Crippen LogP contribution in [0.5, 0.6) is 0 Å². The molecule has 1 atom stereocenters. The number of rotatable bonds is 6. The lowest BCUT2D eigenvalue weighted by Gasteiger charge is -2.42. The molecule has 2 aliphatic rings. The van der Waals surface area contributed by atoms with Gasteiger partial charge in [0.1, 0.15) is 0 Å². The van der Waals surface area contributed by atoms with E-state index >= 15 is 0 Å². The molecule has 0 bridgehead atoms. The second-order valence-electron chi connectivity index (χ2n) is 7.35. The lowest BCUT2D eigenvalue weighted by molar-refractivity contribution is -0.126. The van der Waals surface area contributed by atoms with Crippen molar-refractivity contribution >= 4 is 22.4 Å². The van der Waals surface area contributed by atoms with Gasteiger partial charge in [0.2, 0.25) is 5.91 Å². The summed E-state index contributed by atoms with van der Waals surface area (Å²) in [4.78, 5) is 21.0. The van der Waals surface area contributed by atoms with E-state index in [1.54, 1.807) is 11.3 Å². The molecule has 0 saturated carbocycles. The van der Waals surface area contributed by atoms with E-state index < -0.39 is 0 Å². The molecule has 4 rings (SSSR count). The van der Waals surface area contributed by atoms with Gasteiger partial charge in [0.05, 0.1) is 11.7 Å². The molecular formula is C21H27N3O2S. The second-order valence-corrected chi connectivity index (χ2v) is 8.44. The topological polar surface area (TPSA) is 54.5 Å². The van der Waals surface area contributed by atoms with Crippen LogP contribution < -0.4 is 5.32 Å². The lowest BCUT2D eigenvalue weighted by Crippen LogP contribution is -2.55. The molecule has 6 heteroatoms. The predicted octanol–water partition coefficient (Wildman–Crippen LogP) is 3.81. The maximum Gasteiger partial charge on any atom is 0.243 e. The minimum absolute atomic E-state index is 0.0120. The van der Waals surface area contributed by atoms with Crippen molar-refractivity contribution in [1.82, 2.24) is 9.88 Å². The molecule has 1 N–H and O–H groups in total. The van der Waals surface area contributed by atoms with Gasteiger partial charge in [0, 0.05) is 36.7 Å². The Hall–Kier alpha value is -1.76. The van der Waals surface area contributed by atoms with Gasteiger partial charge in [-0.2, -0.15) is 0 Å². The Balaban J connectivity index is 1.40. The van der Waals surface area contributed by atoms with Crippen molar-refractivity contribution in [1.29, 1.82) is 0 Å². The highest BCUT2D eigenvalue weighted by molar-refractivity contribution is 7.16. The number of benzene rings is 1. The average molecular weight is 386 g/mol. The molecule has 2 fully saturated rings. The van der Waals surface area contributed by atoms with E-state index in [4.69, 9.17) is 9.72 Å². The molecule has 5 nitrogen and oxygen atoms in total. The summed E-state index contributed by atoms with van der Waals surface area (Å²) in [6.45, 7) is 5.87. The number of nitrogens with one attached hydrogen (secondary N) is 1. The summed E-state index contributed by atoms with van der Waals surface area (Å²) in [5.41, 5.74) is 2.10. The van der Waals surface area contributed by atoms with E-state index in [9.17, 15) is 4.79 Å². The third-order valence-corrected chi connectivity index (χ3v) is 6.68. The zero-order chi connectivity index (χ0) is 18.6. The van der Waals surface area contributed by atoms with E-state index in [2.05, 4.69) is 29.3 Å². The first kappa shape index (κ1) is 18.6. The quantitative estimate of drug-likeness (QED) is 0.821. The Morgan fingerprint density at radius 2 is 2.04 bits per heavy atom. The minimum atomic E-state index is -0.0120. The van der Waals surface area contributed by atoms with Crippen molar-refractivity contribution in [2.24, 2.45) is 5.92 Å². The monoisotopic (exact) mass is 385 g/mol. The Morgan fingerprint density at radius 1 is 1.26 bits per heavy atom. The van der Waals surface area contributed by atoms with Crippen LogP contribution in [0.25, 0.3) is 11.3 Å². The van der Waals surface area contributed by atoms with Crippen LogP contribution in [0.4, 0.5) is 5.13 Å². The van der Waals surface area contributed by atoms with Gasteiger partial charge >= 0.3 is 0 Å². The molecule has 0 radical (unpaired) electrons. The number of anilines is 1. The van der Waals surface area contributed by atoms with Gasteiger partial charge in [0.25, 0.3) is 0 Å². The minimum Gasteiger partial charge on any atom is -0.381 e. The molecule has 3 heterocycles. The Morgan fingerprint density at radius 3 is 2.70 bits per heavy atom.